The van der Waals surface area contributed by atoms with E-state index in [-0.39, 0.29) is 30.6 Å². The summed E-state index contributed by atoms with van der Waals surface area (Å²) < 4.78 is 18.0. The predicted octanol–water partition coefficient (Wildman–Crippen LogP) is 1.60. The molecule has 0 bridgehead atoms. The van der Waals surface area contributed by atoms with Crippen molar-refractivity contribution in [3.05, 3.63) is 29.6 Å². The zero-order valence-corrected chi connectivity index (χ0v) is 11.3. The number of methoxy groups -OCH3 is 1. The molecule has 21 heavy (non-hydrogen) atoms. The maximum absolute atomic E-state index is 13.6. The molecule has 0 saturated heterocycles. The Kier molecular flexibility index (Phi) is 6.12. The molecule has 0 radical (unpaired) electrons. The third-order valence-corrected chi connectivity index (χ3v) is 2.50. The van der Waals surface area contributed by atoms with Gasteiger partial charge in [-0.2, -0.15) is 0 Å². The fourth-order valence-corrected chi connectivity index (χ4v) is 1.55. The molecular weight excluding hydrogens is 283 g/mol. The third kappa shape index (κ3) is 5.09. The number of ether oxygens (including phenoxy) is 1. The number of aliphatic carboxylic acids is 1. The van der Waals surface area contributed by atoms with E-state index in [1.807, 2.05) is 0 Å². The van der Waals surface area contributed by atoms with Crippen molar-refractivity contribution in [2.24, 2.45) is 0 Å². The molecule has 0 saturated carbocycles. The number of hydrogen-bond donors (Lipinski definition) is 3. The summed E-state index contributed by atoms with van der Waals surface area (Å²) in [5, 5.41) is 13.2. The van der Waals surface area contributed by atoms with Gasteiger partial charge in [0.25, 0.3) is 0 Å². The monoisotopic (exact) mass is 298 g/mol. The average Bonchev–Trinajstić information content (AvgIpc) is 2.43. The molecule has 0 spiro atoms. The highest BCUT2D eigenvalue weighted by Crippen LogP contribution is 2.19. The zero-order chi connectivity index (χ0) is 15.8. The molecule has 3 N–H and O–H groups in total. The first-order chi connectivity index (χ1) is 9.95. The number of carbonyl (C=O) groups is 3. The number of urea groups is 1. The van der Waals surface area contributed by atoms with E-state index in [9.17, 15) is 18.8 Å². The summed E-state index contributed by atoms with van der Waals surface area (Å²) in [4.78, 5) is 33.4. The molecule has 0 unspecified atom stereocenters. The third-order valence-electron chi connectivity index (χ3n) is 2.50. The standard InChI is InChI=1S/C13H15FN2O5/c1-21-12(19)11-8(14)4-2-5-9(11)16-13(20)15-7-3-6-10(17)18/h2,4-5H,3,6-7H2,1H3,(H,17,18)(H2,15,16,20). The van der Waals surface area contributed by atoms with E-state index in [2.05, 4.69) is 15.4 Å². The molecule has 0 aliphatic heterocycles. The van der Waals surface area contributed by atoms with E-state index in [1.165, 1.54) is 12.1 Å². The lowest BCUT2D eigenvalue weighted by atomic mass is 10.1. The van der Waals surface area contributed by atoms with E-state index in [0.717, 1.165) is 13.2 Å². The summed E-state index contributed by atoms with van der Waals surface area (Å²) in [6, 6.07) is 3.09. The number of carbonyl (C=O) groups excluding carboxylic acids is 2. The van der Waals surface area contributed by atoms with Crippen LogP contribution >= 0.6 is 0 Å². The number of benzene rings is 1. The fraction of sp³-hybridized carbons (Fsp3) is 0.308. The second kappa shape index (κ2) is 7.83. The normalized spacial score (nSPS) is 9.81. The largest absolute Gasteiger partial charge is 0.481 e. The molecule has 114 valence electrons. The molecule has 0 aliphatic carbocycles. The Labute approximate surface area is 120 Å². The van der Waals surface area contributed by atoms with Crippen LogP contribution in [0.15, 0.2) is 18.2 Å². The van der Waals surface area contributed by atoms with Crippen LogP contribution in [-0.2, 0) is 9.53 Å². The number of carboxylic acids is 1. The van der Waals surface area contributed by atoms with Crippen LogP contribution in [0.3, 0.4) is 0 Å². The van der Waals surface area contributed by atoms with Crippen molar-refractivity contribution in [3.63, 3.8) is 0 Å². The molecule has 1 aromatic rings. The topological polar surface area (TPSA) is 105 Å². The van der Waals surface area contributed by atoms with Crippen molar-refractivity contribution >= 4 is 23.7 Å². The maximum Gasteiger partial charge on any atom is 0.342 e. The molecular formula is C13H15FN2O5. The Hall–Kier alpha value is -2.64. The zero-order valence-electron chi connectivity index (χ0n) is 11.3. The van der Waals surface area contributed by atoms with Gasteiger partial charge in [0.2, 0.25) is 0 Å². The van der Waals surface area contributed by atoms with Crippen LogP contribution in [0.1, 0.15) is 23.2 Å². The molecule has 0 aliphatic rings. The van der Waals surface area contributed by atoms with Crippen molar-refractivity contribution < 1.29 is 28.6 Å². The van der Waals surface area contributed by atoms with Gasteiger partial charge in [0.1, 0.15) is 11.4 Å². The fourth-order valence-electron chi connectivity index (χ4n) is 1.55. The lowest BCUT2D eigenvalue weighted by Gasteiger charge is -2.11. The molecule has 1 aromatic carbocycles. The smallest absolute Gasteiger partial charge is 0.342 e. The molecule has 1 rings (SSSR count). The van der Waals surface area contributed by atoms with Gasteiger partial charge in [0.05, 0.1) is 12.8 Å². The summed E-state index contributed by atoms with van der Waals surface area (Å²) >= 11 is 0. The molecule has 2 amide bonds. The number of amides is 2. The molecule has 0 heterocycles. The first-order valence-electron chi connectivity index (χ1n) is 6.09. The minimum atomic E-state index is -0.963. The van der Waals surface area contributed by atoms with E-state index in [1.54, 1.807) is 0 Å². The second-order valence-corrected chi connectivity index (χ2v) is 4.03. The summed E-state index contributed by atoms with van der Waals surface area (Å²) in [6.45, 7) is 0.140. The first kappa shape index (κ1) is 16.4. The summed E-state index contributed by atoms with van der Waals surface area (Å²) in [5.41, 5.74) is -0.404. The Morgan fingerprint density at radius 3 is 2.67 bits per heavy atom. The van der Waals surface area contributed by atoms with Gasteiger partial charge in [0.15, 0.2) is 0 Å². The number of carboxylic acid groups (broad SMARTS) is 1. The van der Waals surface area contributed by atoms with Crippen molar-refractivity contribution in [3.8, 4) is 0 Å². The van der Waals surface area contributed by atoms with Gasteiger partial charge < -0.3 is 20.5 Å². The van der Waals surface area contributed by atoms with Crippen molar-refractivity contribution in [1.29, 1.82) is 0 Å². The van der Waals surface area contributed by atoms with Crippen LogP contribution < -0.4 is 10.6 Å². The van der Waals surface area contributed by atoms with Crippen molar-refractivity contribution in [2.75, 3.05) is 19.0 Å². The molecule has 0 aromatic heterocycles. The van der Waals surface area contributed by atoms with Crippen LogP contribution in [-0.4, -0.2) is 36.7 Å². The van der Waals surface area contributed by atoms with Gasteiger partial charge in [-0.25, -0.2) is 14.0 Å². The first-order valence-corrected chi connectivity index (χ1v) is 6.09. The average molecular weight is 298 g/mol. The number of rotatable bonds is 6. The van der Waals surface area contributed by atoms with Crippen LogP contribution in [0.5, 0.6) is 0 Å². The van der Waals surface area contributed by atoms with E-state index in [0.29, 0.717) is 0 Å². The Bertz CT molecular complexity index is 547. The predicted molar refractivity (Wildman–Crippen MR) is 71.6 cm³/mol. The Morgan fingerprint density at radius 2 is 2.05 bits per heavy atom. The van der Waals surface area contributed by atoms with Crippen molar-refractivity contribution in [1.82, 2.24) is 5.32 Å². The second-order valence-electron chi connectivity index (χ2n) is 4.03. The highest BCUT2D eigenvalue weighted by Gasteiger charge is 2.18. The van der Waals surface area contributed by atoms with Gasteiger partial charge in [-0.1, -0.05) is 6.07 Å². The van der Waals surface area contributed by atoms with Gasteiger partial charge in [-0.15, -0.1) is 0 Å². The molecule has 8 heteroatoms. The molecule has 0 fully saturated rings. The number of hydrogen-bond acceptors (Lipinski definition) is 4. The highest BCUT2D eigenvalue weighted by molar-refractivity contribution is 6.01. The van der Waals surface area contributed by atoms with Gasteiger partial charge >= 0.3 is 18.0 Å². The molecule has 7 nitrogen and oxygen atoms in total. The number of nitrogens with one attached hydrogen (secondary N) is 2. The lowest BCUT2D eigenvalue weighted by molar-refractivity contribution is -0.137. The van der Waals surface area contributed by atoms with E-state index >= 15 is 0 Å². The molecule has 0 atom stereocenters. The van der Waals surface area contributed by atoms with Crippen molar-refractivity contribution in [2.45, 2.75) is 12.8 Å². The number of halogens is 1. The highest BCUT2D eigenvalue weighted by atomic mass is 19.1. The Balaban J connectivity index is 2.66. The lowest BCUT2D eigenvalue weighted by Crippen LogP contribution is -2.30. The minimum absolute atomic E-state index is 0.0300. The van der Waals surface area contributed by atoms with E-state index in [4.69, 9.17) is 5.11 Å². The number of anilines is 1. The summed E-state index contributed by atoms with van der Waals surface area (Å²) in [6.07, 6.45) is 0.184. The van der Waals surface area contributed by atoms with E-state index < -0.39 is 23.8 Å². The van der Waals surface area contributed by atoms with Crippen LogP contribution in [0.25, 0.3) is 0 Å². The maximum atomic E-state index is 13.6. The Morgan fingerprint density at radius 1 is 1.33 bits per heavy atom. The quantitative estimate of drug-likeness (QED) is 0.546. The van der Waals surface area contributed by atoms with Crippen LogP contribution in [0.4, 0.5) is 14.9 Å². The SMILES string of the molecule is COC(=O)c1c(F)cccc1NC(=O)NCCCC(=O)O. The summed E-state index contributed by atoms with van der Waals surface area (Å²) in [7, 11) is 1.10. The van der Waals surface area contributed by atoms with Gasteiger partial charge in [-0.05, 0) is 18.6 Å². The van der Waals surface area contributed by atoms with Gasteiger partial charge in [0, 0.05) is 13.0 Å². The minimum Gasteiger partial charge on any atom is -0.481 e. The van der Waals surface area contributed by atoms with Crippen LogP contribution in [0.2, 0.25) is 0 Å². The number of esters is 1. The van der Waals surface area contributed by atoms with Crippen LogP contribution in [0, 0.1) is 5.82 Å². The van der Waals surface area contributed by atoms with Gasteiger partial charge in [-0.3, -0.25) is 4.79 Å². The summed E-state index contributed by atoms with van der Waals surface area (Å²) in [5.74, 6) is -2.69.